The van der Waals surface area contributed by atoms with Crippen LogP contribution in [0.5, 0.6) is 0 Å². The summed E-state index contributed by atoms with van der Waals surface area (Å²) in [5.41, 5.74) is 2.04. The van der Waals surface area contributed by atoms with E-state index in [1.54, 1.807) is 23.7 Å². The maximum Gasteiger partial charge on any atom is 0.225 e. The number of ether oxygens (including phenoxy) is 1. The average molecular weight is 471 g/mol. The molecule has 0 spiro atoms. The van der Waals surface area contributed by atoms with Crippen molar-refractivity contribution in [3.63, 3.8) is 0 Å². The molecule has 7 nitrogen and oxygen atoms in total. The lowest BCUT2D eigenvalue weighted by atomic mass is 9.53. The smallest absolute Gasteiger partial charge is 0.225 e. The molecule has 0 radical (unpaired) electrons. The van der Waals surface area contributed by atoms with Gasteiger partial charge >= 0.3 is 0 Å². The Labute approximate surface area is 199 Å². The van der Waals surface area contributed by atoms with Crippen LogP contribution < -0.4 is 5.32 Å². The number of carbonyl (C=O) groups is 1. The third-order valence-electron chi connectivity index (χ3n) is 8.19. The fourth-order valence-electron chi connectivity index (χ4n) is 6.42. The number of hydrogen-bond donors (Lipinski definition) is 2. The predicted molar refractivity (Wildman–Crippen MR) is 129 cm³/mol. The molecule has 0 bridgehead atoms. The molecule has 0 unspecified atom stereocenters. The van der Waals surface area contributed by atoms with Crippen molar-refractivity contribution in [2.45, 2.75) is 52.1 Å². The van der Waals surface area contributed by atoms with Crippen molar-refractivity contribution < 1.29 is 14.6 Å². The van der Waals surface area contributed by atoms with E-state index >= 15 is 0 Å². The lowest BCUT2D eigenvalue weighted by molar-refractivity contribution is -0.148. The number of fused-ring (bicyclic) bond motifs is 2. The first-order valence-corrected chi connectivity index (χ1v) is 12.9. The SMILES string of the molecule is C[C@H](C(=O)N1CCOCC1)[C@H]1CC[C@@]2(C)Cc3sc(Nc4cccnc4)nc3[C@@H](C)[C@@H]2[C@H]1O. The number of rotatable bonds is 4. The molecular formula is C25H34N4O3S. The van der Waals surface area contributed by atoms with Crippen LogP contribution >= 0.6 is 11.3 Å². The van der Waals surface area contributed by atoms with Crippen LogP contribution in [0.1, 0.15) is 50.1 Å². The molecule has 8 heteroatoms. The highest BCUT2D eigenvalue weighted by Crippen LogP contribution is 2.57. The highest BCUT2D eigenvalue weighted by atomic mass is 32.1. The largest absolute Gasteiger partial charge is 0.392 e. The number of carbonyl (C=O) groups excluding carboxylic acids is 1. The molecule has 5 rings (SSSR count). The Morgan fingerprint density at radius 3 is 2.91 bits per heavy atom. The van der Waals surface area contributed by atoms with Gasteiger partial charge in [-0.3, -0.25) is 9.78 Å². The number of nitrogens with one attached hydrogen (secondary N) is 1. The zero-order chi connectivity index (χ0) is 23.2. The third-order valence-corrected chi connectivity index (χ3v) is 9.18. The number of pyridine rings is 1. The number of nitrogens with zero attached hydrogens (tertiary/aromatic N) is 3. The maximum absolute atomic E-state index is 13.2. The zero-order valence-electron chi connectivity index (χ0n) is 19.7. The van der Waals surface area contributed by atoms with Gasteiger partial charge < -0.3 is 20.1 Å². The number of hydrogen-bond acceptors (Lipinski definition) is 7. The topological polar surface area (TPSA) is 87.6 Å². The van der Waals surface area contributed by atoms with E-state index in [0.29, 0.717) is 26.3 Å². The van der Waals surface area contributed by atoms with Crippen molar-refractivity contribution in [2.75, 3.05) is 31.6 Å². The molecule has 2 aromatic rings. The Morgan fingerprint density at radius 1 is 1.39 bits per heavy atom. The molecule has 2 N–H and O–H groups in total. The van der Waals surface area contributed by atoms with E-state index in [0.717, 1.165) is 35.8 Å². The molecular weight excluding hydrogens is 436 g/mol. The summed E-state index contributed by atoms with van der Waals surface area (Å²) < 4.78 is 5.41. The third kappa shape index (κ3) is 4.17. The second-order valence-electron chi connectivity index (χ2n) is 10.3. The van der Waals surface area contributed by atoms with Crippen LogP contribution in [0.2, 0.25) is 0 Å². The molecule has 3 aliphatic rings. The van der Waals surface area contributed by atoms with Crippen molar-refractivity contribution >= 4 is 28.1 Å². The number of morpholine rings is 1. The Kier molecular flexibility index (Phi) is 6.18. The molecule has 2 fully saturated rings. The van der Waals surface area contributed by atoms with Crippen LogP contribution in [0.3, 0.4) is 0 Å². The minimum absolute atomic E-state index is 0.0160. The number of thiazole rings is 1. The van der Waals surface area contributed by atoms with Gasteiger partial charge in [0.15, 0.2) is 5.13 Å². The van der Waals surface area contributed by atoms with Crippen LogP contribution in [-0.4, -0.2) is 58.3 Å². The summed E-state index contributed by atoms with van der Waals surface area (Å²) in [6.45, 7) is 9.03. The molecule has 2 aliphatic carbocycles. The normalized spacial score (nSPS) is 32.5. The molecule has 1 saturated heterocycles. The molecule has 33 heavy (non-hydrogen) atoms. The summed E-state index contributed by atoms with van der Waals surface area (Å²) in [7, 11) is 0. The molecule has 1 aliphatic heterocycles. The maximum atomic E-state index is 13.2. The first-order chi connectivity index (χ1) is 15.9. The minimum Gasteiger partial charge on any atom is -0.392 e. The first-order valence-electron chi connectivity index (χ1n) is 12.1. The number of aromatic nitrogens is 2. The molecule has 0 aromatic carbocycles. The molecule has 178 valence electrons. The van der Waals surface area contributed by atoms with Crippen LogP contribution in [-0.2, 0) is 16.0 Å². The Balaban J connectivity index is 1.36. The minimum atomic E-state index is -0.511. The summed E-state index contributed by atoms with van der Waals surface area (Å²) in [5.74, 6) is 0.190. The van der Waals surface area contributed by atoms with Gasteiger partial charge in [-0.15, -0.1) is 11.3 Å². The van der Waals surface area contributed by atoms with Crippen molar-refractivity contribution in [2.24, 2.45) is 23.2 Å². The Morgan fingerprint density at radius 2 is 2.18 bits per heavy atom. The van der Waals surface area contributed by atoms with Gasteiger partial charge in [0.05, 0.1) is 36.9 Å². The van der Waals surface area contributed by atoms with Gasteiger partial charge in [-0.1, -0.05) is 20.8 Å². The number of aliphatic hydroxyl groups excluding tert-OH is 1. The molecule has 1 saturated carbocycles. The van der Waals surface area contributed by atoms with Gasteiger partial charge in [0.2, 0.25) is 5.91 Å². The predicted octanol–water partition coefficient (Wildman–Crippen LogP) is 3.83. The molecule has 6 atom stereocenters. The Bertz CT molecular complexity index is 993. The van der Waals surface area contributed by atoms with E-state index in [9.17, 15) is 9.90 Å². The summed E-state index contributed by atoms with van der Waals surface area (Å²) >= 11 is 1.72. The van der Waals surface area contributed by atoms with E-state index in [2.05, 4.69) is 24.1 Å². The van der Waals surface area contributed by atoms with Crippen LogP contribution in [0, 0.1) is 23.2 Å². The van der Waals surface area contributed by atoms with Crippen LogP contribution in [0.4, 0.5) is 10.8 Å². The summed E-state index contributed by atoms with van der Waals surface area (Å²) in [5, 5.41) is 15.9. The molecule has 1 amide bonds. The van der Waals surface area contributed by atoms with E-state index in [-0.39, 0.29) is 35.0 Å². The number of anilines is 2. The van der Waals surface area contributed by atoms with Crippen molar-refractivity contribution in [1.82, 2.24) is 14.9 Å². The lowest BCUT2D eigenvalue weighted by Gasteiger charge is -2.53. The fourth-order valence-corrected chi connectivity index (χ4v) is 7.70. The van der Waals surface area contributed by atoms with E-state index in [1.807, 2.05) is 24.0 Å². The highest BCUT2D eigenvalue weighted by molar-refractivity contribution is 7.15. The summed E-state index contributed by atoms with van der Waals surface area (Å²) in [6, 6.07) is 3.89. The zero-order valence-corrected chi connectivity index (χ0v) is 20.5. The lowest BCUT2D eigenvalue weighted by Crippen LogP contribution is -2.54. The average Bonchev–Trinajstić information content (AvgIpc) is 3.21. The second kappa shape index (κ2) is 8.96. The van der Waals surface area contributed by atoms with Crippen molar-refractivity contribution in [1.29, 1.82) is 0 Å². The summed E-state index contributed by atoms with van der Waals surface area (Å²) in [4.78, 5) is 25.5. The van der Waals surface area contributed by atoms with Gasteiger partial charge in [-0.2, -0.15) is 0 Å². The van der Waals surface area contributed by atoms with E-state index in [1.165, 1.54) is 4.88 Å². The van der Waals surface area contributed by atoms with Crippen LogP contribution in [0.25, 0.3) is 0 Å². The standard InChI is InChI=1S/C25H34N4O3S/c1-15(23(31)29-9-11-32-12-10-29)18-6-7-25(3)13-19-21(16(2)20(25)22(18)30)28-24(33-19)27-17-5-4-8-26-14-17/h4-5,8,14-16,18,20,22,30H,6-7,9-13H2,1-3H3,(H,27,28)/t15-,16-,18+,20+,22-,25-/m0/s1. The van der Waals surface area contributed by atoms with Gasteiger partial charge in [0.25, 0.3) is 0 Å². The fraction of sp³-hybridized carbons (Fsp3) is 0.640. The van der Waals surface area contributed by atoms with Gasteiger partial charge in [0.1, 0.15) is 0 Å². The number of amides is 1. The first kappa shape index (κ1) is 22.7. The van der Waals surface area contributed by atoms with Crippen molar-refractivity contribution in [3.8, 4) is 0 Å². The van der Waals surface area contributed by atoms with Gasteiger partial charge in [-0.25, -0.2) is 4.98 Å². The molecule has 2 aromatic heterocycles. The van der Waals surface area contributed by atoms with Crippen molar-refractivity contribution in [3.05, 3.63) is 35.1 Å². The quantitative estimate of drug-likeness (QED) is 0.706. The Hall–Kier alpha value is -2.03. The van der Waals surface area contributed by atoms with Gasteiger partial charge in [-0.05, 0) is 48.6 Å². The number of aliphatic hydroxyl groups is 1. The summed E-state index contributed by atoms with van der Waals surface area (Å²) in [6.07, 6.45) is 5.88. The van der Waals surface area contributed by atoms with Gasteiger partial charge in [0, 0.05) is 36.0 Å². The molecule has 3 heterocycles. The van der Waals surface area contributed by atoms with E-state index < -0.39 is 6.10 Å². The van der Waals surface area contributed by atoms with Crippen LogP contribution in [0.15, 0.2) is 24.5 Å². The second-order valence-corrected chi connectivity index (χ2v) is 11.3. The monoisotopic (exact) mass is 470 g/mol. The van der Waals surface area contributed by atoms with E-state index in [4.69, 9.17) is 9.72 Å². The highest BCUT2D eigenvalue weighted by Gasteiger charge is 2.54.